The zero-order chi connectivity index (χ0) is 14.5. The van der Waals surface area contributed by atoms with Crippen molar-refractivity contribution in [3.05, 3.63) is 16.3 Å². The molecular weight excluding hydrogens is 272 g/mol. The van der Waals surface area contributed by atoms with Gasteiger partial charge in [0.2, 0.25) is 5.95 Å². The second-order valence-electron chi connectivity index (χ2n) is 4.80. The molecule has 6 heteroatoms. The summed E-state index contributed by atoms with van der Waals surface area (Å²) in [4.78, 5) is 14.4. The molecule has 20 heavy (non-hydrogen) atoms. The summed E-state index contributed by atoms with van der Waals surface area (Å²) in [7, 11) is 0. The van der Waals surface area contributed by atoms with Crippen molar-refractivity contribution in [3.63, 3.8) is 0 Å². The van der Waals surface area contributed by atoms with E-state index in [0.29, 0.717) is 17.8 Å². The Hall–Kier alpha value is -1.69. The number of hydrogen-bond acceptors (Lipinski definition) is 6. The van der Waals surface area contributed by atoms with Gasteiger partial charge in [0, 0.05) is 22.4 Å². The summed E-state index contributed by atoms with van der Waals surface area (Å²) in [5.41, 5.74) is 1.00. The van der Waals surface area contributed by atoms with Gasteiger partial charge in [0.05, 0.1) is 6.10 Å². The summed E-state index contributed by atoms with van der Waals surface area (Å²) in [5.74, 6) is 1.22. The first kappa shape index (κ1) is 14.7. The number of anilines is 1. The van der Waals surface area contributed by atoms with Crippen LogP contribution in [0.1, 0.15) is 32.1 Å². The van der Waals surface area contributed by atoms with Crippen LogP contribution in [0, 0.1) is 6.92 Å². The second-order valence-corrected chi connectivity index (χ2v) is 5.92. The average molecular weight is 292 g/mol. The minimum atomic E-state index is 0.0356. The normalized spacial score (nSPS) is 10.8. The Morgan fingerprint density at radius 1 is 1.30 bits per heavy atom. The molecule has 0 aromatic carbocycles. The maximum absolute atomic E-state index is 5.60. The van der Waals surface area contributed by atoms with Crippen LogP contribution in [0.4, 0.5) is 5.95 Å². The molecule has 0 saturated carbocycles. The molecule has 2 heterocycles. The van der Waals surface area contributed by atoms with Gasteiger partial charge in [0.25, 0.3) is 0 Å². The molecule has 0 unspecified atom stereocenters. The van der Waals surface area contributed by atoms with Crippen molar-refractivity contribution in [2.45, 2.75) is 40.2 Å². The SMILES string of the molecule is CCCNc1nc(OC(C)C)nc(-c2csc(C)c2)n1. The second kappa shape index (κ2) is 6.65. The van der Waals surface area contributed by atoms with Crippen molar-refractivity contribution in [1.82, 2.24) is 15.0 Å². The monoisotopic (exact) mass is 292 g/mol. The van der Waals surface area contributed by atoms with E-state index in [-0.39, 0.29) is 6.10 Å². The summed E-state index contributed by atoms with van der Waals surface area (Å²) in [6.07, 6.45) is 1.05. The lowest BCUT2D eigenvalue weighted by Gasteiger charge is -2.10. The Kier molecular flexibility index (Phi) is 4.89. The van der Waals surface area contributed by atoms with Crippen LogP contribution in [0.15, 0.2) is 11.4 Å². The van der Waals surface area contributed by atoms with Crippen LogP contribution < -0.4 is 10.1 Å². The van der Waals surface area contributed by atoms with Crippen LogP contribution >= 0.6 is 11.3 Å². The minimum absolute atomic E-state index is 0.0356. The van der Waals surface area contributed by atoms with E-state index >= 15 is 0 Å². The van der Waals surface area contributed by atoms with Gasteiger partial charge in [-0.2, -0.15) is 15.0 Å². The van der Waals surface area contributed by atoms with Gasteiger partial charge < -0.3 is 10.1 Å². The highest BCUT2D eigenvalue weighted by molar-refractivity contribution is 7.10. The lowest BCUT2D eigenvalue weighted by atomic mass is 10.3. The van der Waals surface area contributed by atoms with Gasteiger partial charge in [0.15, 0.2) is 5.82 Å². The quantitative estimate of drug-likeness (QED) is 0.882. The Balaban J connectivity index is 2.34. The summed E-state index contributed by atoms with van der Waals surface area (Å²) < 4.78 is 5.60. The van der Waals surface area contributed by atoms with E-state index in [0.717, 1.165) is 18.5 Å². The average Bonchev–Trinajstić information content (AvgIpc) is 2.82. The highest BCUT2D eigenvalue weighted by Crippen LogP contribution is 2.24. The van der Waals surface area contributed by atoms with Crippen LogP contribution in [0.25, 0.3) is 11.4 Å². The minimum Gasteiger partial charge on any atom is -0.461 e. The largest absolute Gasteiger partial charge is 0.461 e. The standard InChI is InChI=1S/C14H20N4OS/c1-5-6-15-13-16-12(11-7-10(4)20-8-11)17-14(18-13)19-9(2)3/h7-9H,5-6H2,1-4H3,(H,15,16,17,18). The van der Waals surface area contributed by atoms with E-state index in [9.17, 15) is 0 Å². The first-order valence-corrected chi connectivity index (χ1v) is 7.68. The van der Waals surface area contributed by atoms with Crippen molar-refractivity contribution < 1.29 is 4.74 Å². The van der Waals surface area contributed by atoms with E-state index in [2.05, 4.69) is 40.2 Å². The van der Waals surface area contributed by atoms with E-state index < -0.39 is 0 Å². The highest BCUT2D eigenvalue weighted by atomic mass is 32.1. The third-order valence-electron chi connectivity index (χ3n) is 2.48. The van der Waals surface area contributed by atoms with Gasteiger partial charge >= 0.3 is 6.01 Å². The number of hydrogen-bond donors (Lipinski definition) is 1. The maximum Gasteiger partial charge on any atom is 0.322 e. The highest BCUT2D eigenvalue weighted by Gasteiger charge is 2.11. The number of ether oxygens (including phenoxy) is 1. The van der Waals surface area contributed by atoms with Gasteiger partial charge in [-0.05, 0) is 33.3 Å². The predicted octanol–water partition coefficient (Wildman–Crippen LogP) is 3.52. The fraction of sp³-hybridized carbons (Fsp3) is 0.500. The molecule has 0 radical (unpaired) electrons. The van der Waals surface area contributed by atoms with E-state index in [1.54, 1.807) is 11.3 Å². The number of aryl methyl sites for hydroxylation is 1. The Bertz CT molecular complexity index is 568. The molecule has 0 amide bonds. The maximum atomic E-state index is 5.60. The number of thiophene rings is 1. The molecule has 0 saturated heterocycles. The summed E-state index contributed by atoms with van der Waals surface area (Å²) >= 11 is 1.68. The molecule has 0 aliphatic carbocycles. The first-order chi connectivity index (χ1) is 9.58. The van der Waals surface area contributed by atoms with Gasteiger partial charge in [-0.3, -0.25) is 0 Å². The molecule has 0 fully saturated rings. The van der Waals surface area contributed by atoms with Crippen molar-refractivity contribution in [3.8, 4) is 17.4 Å². The van der Waals surface area contributed by atoms with E-state index in [1.165, 1.54) is 4.88 Å². The van der Waals surface area contributed by atoms with Crippen LogP contribution in [-0.2, 0) is 0 Å². The molecule has 0 atom stereocenters. The Labute approximate surface area is 123 Å². The third-order valence-corrected chi connectivity index (χ3v) is 3.34. The fourth-order valence-corrected chi connectivity index (χ4v) is 2.31. The van der Waals surface area contributed by atoms with Crippen LogP contribution in [0.3, 0.4) is 0 Å². The smallest absolute Gasteiger partial charge is 0.322 e. The molecule has 0 aliphatic heterocycles. The predicted molar refractivity (Wildman–Crippen MR) is 82.4 cm³/mol. The number of nitrogens with zero attached hydrogens (tertiary/aromatic N) is 3. The lowest BCUT2D eigenvalue weighted by Crippen LogP contribution is -2.12. The molecule has 2 rings (SSSR count). The topological polar surface area (TPSA) is 59.9 Å². The molecule has 0 spiro atoms. The Morgan fingerprint density at radius 2 is 2.10 bits per heavy atom. The van der Waals surface area contributed by atoms with Gasteiger partial charge in [-0.15, -0.1) is 11.3 Å². The third kappa shape index (κ3) is 3.90. The fourth-order valence-electron chi connectivity index (χ4n) is 1.63. The summed E-state index contributed by atoms with van der Waals surface area (Å²) in [6.45, 7) is 8.90. The first-order valence-electron chi connectivity index (χ1n) is 6.80. The molecular formula is C14H20N4OS. The van der Waals surface area contributed by atoms with E-state index in [4.69, 9.17) is 4.74 Å². The molecule has 5 nitrogen and oxygen atoms in total. The molecule has 2 aromatic heterocycles. The van der Waals surface area contributed by atoms with Crippen molar-refractivity contribution in [2.75, 3.05) is 11.9 Å². The van der Waals surface area contributed by atoms with Gasteiger partial charge in [-0.1, -0.05) is 6.92 Å². The van der Waals surface area contributed by atoms with Crippen molar-refractivity contribution in [1.29, 1.82) is 0 Å². The van der Waals surface area contributed by atoms with E-state index in [1.807, 2.05) is 19.2 Å². The zero-order valence-electron chi connectivity index (χ0n) is 12.3. The lowest BCUT2D eigenvalue weighted by molar-refractivity contribution is 0.222. The van der Waals surface area contributed by atoms with Crippen LogP contribution in [-0.4, -0.2) is 27.6 Å². The molecule has 0 aliphatic rings. The number of aromatic nitrogens is 3. The molecule has 108 valence electrons. The number of rotatable bonds is 6. The summed E-state index contributed by atoms with van der Waals surface area (Å²) in [6, 6.07) is 2.44. The van der Waals surface area contributed by atoms with Gasteiger partial charge in [-0.25, -0.2) is 0 Å². The van der Waals surface area contributed by atoms with Crippen LogP contribution in [0.5, 0.6) is 6.01 Å². The van der Waals surface area contributed by atoms with Crippen molar-refractivity contribution in [2.24, 2.45) is 0 Å². The van der Waals surface area contributed by atoms with Gasteiger partial charge in [0.1, 0.15) is 0 Å². The van der Waals surface area contributed by atoms with Crippen LogP contribution in [0.2, 0.25) is 0 Å². The molecule has 0 bridgehead atoms. The Morgan fingerprint density at radius 3 is 2.70 bits per heavy atom. The number of nitrogens with one attached hydrogen (secondary N) is 1. The van der Waals surface area contributed by atoms with Crippen molar-refractivity contribution >= 4 is 17.3 Å². The summed E-state index contributed by atoms with van der Waals surface area (Å²) in [5, 5.41) is 5.24. The zero-order valence-corrected chi connectivity index (χ0v) is 13.1. The molecule has 1 N–H and O–H groups in total. The molecule has 2 aromatic rings.